The standard InChI is InChI=1S/C19H14N6O2/c26-25(27)19-9-5-4-6-14(19)13-20-21-15-10-11-17-18(12-15)23-24(22-17)16-7-2-1-3-8-16/h1-13,21H/b20-13+. The Hall–Kier alpha value is -4.07. The van der Waals surface area contributed by atoms with Crippen molar-refractivity contribution in [3.05, 3.63) is 88.5 Å². The molecular formula is C19H14N6O2. The Kier molecular flexibility index (Phi) is 4.28. The van der Waals surface area contributed by atoms with Gasteiger partial charge < -0.3 is 0 Å². The molecular weight excluding hydrogens is 344 g/mol. The van der Waals surface area contributed by atoms with Crippen LogP contribution in [0.5, 0.6) is 0 Å². The van der Waals surface area contributed by atoms with E-state index in [1.807, 2.05) is 48.5 Å². The lowest BCUT2D eigenvalue weighted by atomic mass is 10.2. The van der Waals surface area contributed by atoms with Crippen molar-refractivity contribution in [1.29, 1.82) is 0 Å². The number of nitrogens with one attached hydrogen (secondary N) is 1. The molecule has 0 unspecified atom stereocenters. The minimum absolute atomic E-state index is 0.00399. The van der Waals surface area contributed by atoms with Gasteiger partial charge in [0.15, 0.2) is 0 Å². The van der Waals surface area contributed by atoms with Gasteiger partial charge in [0.1, 0.15) is 11.0 Å². The van der Waals surface area contributed by atoms with Gasteiger partial charge in [0, 0.05) is 6.07 Å². The molecule has 0 saturated heterocycles. The second-order valence-electron chi connectivity index (χ2n) is 5.71. The molecule has 0 spiro atoms. The third kappa shape index (κ3) is 3.49. The molecule has 0 aliphatic heterocycles. The van der Waals surface area contributed by atoms with E-state index in [-0.39, 0.29) is 5.69 Å². The number of fused-ring (bicyclic) bond motifs is 1. The summed E-state index contributed by atoms with van der Waals surface area (Å²) in [5, 5.41) is 24.0. The largest absolute Gasteiger partial charge is 0.278 e. The second-order valence-corrected chi connectivity index (χ2v) is 5.71. The van der Waals surface area contributed by atoms with Crippen LogP contribution in [0, 0.1) is 10.1 Å². The van der Waals surface area contributed by atoms with Gasteiger partial charge in [0.2, 0.25) is 0 Å². The van der Waals surface area contributed by atoms with Gasteiger partial charge in [-0.3, -0.25) is 15.5 Å². The molecule has 27 heavy (non-hydrogen) atoms. The van der Waals surface area contributed by atoms with Gasteiger partial charge in [-0.1, -0.05) is 30.3 Å². The van der Waals surface area contributed by atoms with Crippen molar-refractivity contribution >= 4 is 28.6 Å². The van der Waals surface area contributed by atoms with Gasteiger partial charge in [-0.15, -0.1) is 10.2 Å². The van der Waals surface area contributed by atoms with Crippen molar-refractivity contribution in [1.82, 2.24) is 15.0 Å². The van der Waals surface area contributed by atoms with Crippen LogP contribution in [0.1, 0.15) is 5.56 Å². The van der Waals surface area contributed by atoms with E-state index in [0.717, 1.165) is 11.2 Å². The first-order valence-electron chi connectivity index (χ1n) is 8.16. The van der Waals surface area contributed by atoms with Crippen LogP contribution in [0.3, 0.4) is 0 Å². The highest BCUT2D eigenvalue weighted by Gasteiger charge is 2.10. The van der Waals surface area contributed by atoms with Gasteiger partial charge >= 0.3 is 0 Å². The lowest BCUT2D eigenvalue weighted by Crippen LogP contribution is -1.97. The average Bonchev–Trinajstić information content (AvgIpc) is 3.12. The molecule has 0 amide bonds. The Morgan fingerprint density at radius 2 is 1.70 bits per heavy atom. The minimum Gasteiger partial charge on any atom is -0.278 e. The summed E-state index contributed by atoms with van der Waals surface area (Å²) in [5.74, 6) is 0. The molecule has 0 radical (unpaired) electrons. The van der Waals surface area contributed by atoms with Crippen LogP contribution in [0.2, 0.25) is 0 Å². The molecule has 1 heterocycles. The van der Waals surface area contributed by atoms with Crippen molar-refractivity contribution < 1.29 is 4.92 Å². The van der Waals surface area contributed by atoms with E-state index < -0.39 is 4.92 Å². The van der Waals surface area contributed by atoms with Crippen molar-refractivity contribution in [3.63, 3.8) is 0 Å². The molecule has 0 saturated carbocycles. The van der Waals surface area contributed by atoms with Crippen LogP contribution in [-0.4, -0.2) is 26.1 Å². The predicted molar refractivity (Wildman–Crippen MR) is 103 cm³/mol. The first kappa shape index (κ1) is 16.4. The highest BCUT2D eigenvalue weighted by atomic mass is 16.6. The molecule has 4 aromatic rings. The fourth-order valence-corrected chi connectivity index (χ4v) is 2.60. The Morgan fingerprint density at radius 3 is 2.52 bits per heavy atom. The van der Waals surface area contributed by atoms with E-state index in [1.165, 1.54) is 12.3 Å². The number of benzene rings is 3. The van der Waals surface area contributed by atoms with E-state index >= 15 is 0 Å². The van der Waals surface area contributed by atoms with Crippen molar-refractivity contribution in [2.75, 3.05) is 5.43 Å². The van der Waals surface area contributed by atoms with Crippen LogP contribution in [0.15, 0.2) is 77.9 Å². The van der Waals surface area contributed by atoms with E-state index in [9.17, 15) is 10.1 Å². The molecule has 8 nitrogen and oxygen atoms in total. The molecule has 0 atom stereocenters. The molecule has 0 bridgehead atoms. The van der Waals surface area contributed by atoms with Gasteiger partial charge in [-0.05, 0) is 36.4 Å². The predicted octanol–water partition coefficient (Wildman–Crippen LogP) is 3.77. The van der Waals surface area contributed by atoms with Crippen molar-refractivity contribution in [2.24, 2.45) is 5.10 Å². The van der Waals surface area contributed by atoms with E-state index in [1.54, 1.807) is 23.0 Å². The monoisotopic (exact) mass is 358 g/mol. The summed E-state index contributed by atoms with van der Waals surface area (Å²) in [6, 6.07) is 21.5. The second kappa shape index (κ2) is 7.04. The molecule has 3 aromatic carbocycles. The number of hydrogen-bond acceptors (Lipinski definition) is 6. The molecule has 8 heteroatoms. The van der Waals surface area contributed by atoms with Crippen LogP contribution in [0.25, 0.3) is 16.7 Å². The molecule has 0 fully saturated rings. The topological polar surface area (TPSA) is 98.2 Å². The van der Waals surface area contributed by atoms with Gasteiger partial charge in [-0.25, -0.2) is 0 Å². The minimum atomic E-state index is -0.435. The fourth-order valence-electron chi connectivity index (χ4n) is 2.60. The maximum Gasteiger partial charge on any atom is 0.278 e. The Balaban J connectivity index is 1.56. The molecule has 0 aliphatic rings. The molecule has 1 N–H and O–H groups in total. The molecule has 0 aliphatic carbocycles. The van der Waals surface area contributed by atoms with E-state index in [0.29, 0.717) is 16.8 Å². The Labute approximate surface area is 153 Å². The number of nitrogens with zero attached hydrogens (tertiary/aromatic N) is 5. The number of anilines is 1. The summed E-state index contributed by atoms with van der Waals surface area (Å²) in [5.41, 5.74) is 6.34. The molecule has 132 valence electrons. The lowest BCUT2D eigenvalue weighted by Gasteiger charge is -1.99. The summed E-state index contributed by atoms with van der Waals surface area (Å²) in [6.07, 6.45) is 1.42. The van der Waals surface area contributed by atoms with Crippen LogP contribution < -0.4 is 5.43 Å². The van der Waals surface area contributed by atoms with Gasteiger partial charge in [0.25, 0.3) is 5.69 Å². The fraction of sp³-hybridized carbons (Fsp3) is 0. The van der Waals surface area contributed by atoms with Crippen LogP contribution >= 0.6 is 0 Å². The number of para-hydroxylation sites is 2. The SMILES string of the molecule is O=[N+]([O-])c1ccccc1/C=N/Nc1ccc2nn(-c3ccccc3)nc2c1. The maximum absolute atomic E-state index is 11.0. The van der Waals surface area contributed by atoms with Gasteiger partial charge in [-0.2, -0.15) is 9.90 Å². The summed E-state index contributed by atoms with van der Waals surface area (Å²) in [4.78, 5) is 12.2. The number of hydrogen-bond donors (Lipinski definition) is 1. The number of nitro benzene ring substituents is 1. The lowest BCUT2D eigenvalue weighted by molar-refractivity contribution is -0.385. The van der Waals surface area contributed by atoms with Crippen LogP contribution in [0.4, 0.5) is 11.4 Å². The zero-order valence-corrected chi connectivity index (χ0v) is 14.1. The molecule has 1 aromatic heterocycles. The van der Waals surface area contributed by atoms with Crippen LogP contribution in [-0.2, 0) is 0 Å². The first-order chi connectivity index (χ1) is 13.2. The van der Waals surface area contributed by atoms with Crippen molar-refractivity contribution in [3.8, 4) is 5.69 Å². The number of hydrazone groups is 1. The number of nitro groups is 1. The maximum atomic E-state index is 11.0. The van der Waals surface area contributed by atoms with E-state index in [2.05, 4.69) is 20.7 Å². The normalized spacial score (nSPS) is 11.1. The zero-order chi connectivity index (χ0) is 18.6. The van der Waals surface area contributed by atoms with E-state index in [4.69, 9.17) is 0 Å². The zero-order valence-electron chi connectivity index (χ0n) is 14.1. The number of rotatable bonds is 5. The number of aromatic nitrogens is 3. The first-order valence-corrected chi connectivity index (χ1v) is 8.16. The summed E-state index contributed by atoms with van der Waals surface area (Å²) in [6.45, 7) is 0. The van der Waals surface area contributed by atoms with Crippen molar-refractivity contribution in [2.45, 2.75) is 0 Å². The Bertz CT molecular complexity index is 1140. The molecule has 4 rings (SSSR count). The third-order valence-electron chi connectivity index (χ3n) is 3.90. The third-order valence-corrected chi connectivity index (χ3v) is 3.90. The highest BCUT2D eigenvalue weighted by molar-refractivity contribution is 5.86. The van der Waals surface area contributed by atoms with Gasteiger partial charge in [0.05, 0.1) is 28.1 Å². The average molecular weight is 358 g/mol. The summed E-state index contributed by atoms with van der Waals surface area (Å²) < 4.78 is 0. The summed E-state index contributed by atoms with van der Waals surface area (Å²) >= 11 is 0. The highest BCUT2D eigenvalue weighted by Crippen LogP contribution is 2.18. The quantitative estimate of drug-likeness (QED) is 0.333. The smallest absolute Gasteiger partial charge is 0.278 e. The Morgan fingerprint density at radius 1 is 0.963 bits per heavy atom. The summed E-state index contributed by atoms with van der Waals surface area (Å²) in [7, 11) is 0.